The van der Waals surface area contributed by atoms with Crippen LogP contribution in [0.3, 0.4) is 0 Å². The van der Waals surface area contributed by atoms with E-state index >= 15 is 0 Å². The molecule has 0 aliphatic carbocycles. The second-order valence-electron chi connectivity index (χ2n) is 4.10. The molecule has 6 heteroatoms. The summed E-state index contributed by atoms with van der Waals surface area (Å²) in [5.74, 6) is -0.482. The lowest BCUT2D eigenvalue weighted by atomic mass is 10.3. The molecule has 0 spiro atoms. The minimum absolute atomic E-state index is 0.0849. The van der Waals surface area contributed by atoms with Crippen LogP contribution in [0.1, 0.15) is 13.8 Å². The van der Waals surface area contributed by atoms with Crippen molar-refractivity contribution >= 4 is 28.9 Å². The maximum Gasteiger partial charge on any atom is 0.322 e. The predicted molar refractivity (Wildman–Crippen MR) is 74.0 cm³/mol. The highest BCUT2D eigenvalue weighted by molar-refractivity contribution is 7.80. The Bertz CT molecular complexity index is 451. The summed E-state index contributed by atoms with van der Waals surface area (Å²) in [6.45, 7) is 3.83. The van der Waals surface area contributed by atoms with Gasteiger partial charge in [0, 0.05) is 6.04 Å². The third kappa shape index (κ3) is 3.96. The van der Waals surface area contributed by atoms with Crippen molar-refractivity contribution < 1.29 is 9.18 Å². The topological polar surface area (TPSA) is 58.4 Å². The molecule has 98 valence electrons. The number of nitrogens with zero attached hydrogens (tertiary/aromatic N) is 1. The van der Waals surface area contributed by atoms with Gasteiger partial charge in [0.1, 0.15) is 5.82 Å². The molecular formula is C12H16FN3OS. The molecule has 0 saturated carbocycles. The molecule has 1 aromatic rings. The highest BCUT2D eigenvalue weighted by Crippen LogP contribution is 2.13. The SMILES string of the molecule is CC(C)N(CC(N)=S)C(=O)Nc1ccccc1F. The molecule has 3 N–H and O–H groups in total. The standard InChI is InChI=1S/C12H16FN3OS/c1-8(2)16(7-11(14)18)12(17)15-10-6-4-3-5-9(10)13/h3-6,8H,7H2,1-2H3,(H2,14,18)(H,15,17). The largest absolute Gasteiger partial charge is 0.392 e. The molecule has 0 heterocycles. The number of carbonyl (C=O) groups is 1. The van der Waals surface area contributed by atoms with E-state index in [0.29, 0.717) is 0 Å². The van der Waals surface area contributed by atoms with Crippen LogP contribution in [0.25, 0.3) is 0 Å². The number of carbonyl (C=O) groups excluding carboxylic acids is 1. The molecular weight excluding hydrogens is 253 g/mol. The Morgan fingerprint density at radius 1 is 1.50 bits per heavy atom. The number of halogens is 1. The summed E-state index contributed by atoms with van der Waals surface area (Å²) in [7, 11) is 0. The first-order valence-corrected chi connectivity index (χ1v) is 5.93. The smallest absolute Gasteiger partial charge is 0.322 e. The quantitative estimate of drug-likeness (QED) is 0.825. The van der Waals surface area contributed by atoms with E-state index in [0.717, 1.165) is 0 Å². The van der Waals surface area contributed by atoms with Gasteiger partial charge < -0.3 is 16.0 Å². The molecule has 18 heavy (non-hydrogen) atoms. The lowest BCUT2D eigenvalue weighted by Crippen LogP contribution is -2.44. The number of rotatable bonds is 4. The van der Waals surface area contributed by atoms with Gasteiger partial charge in [-0.2, -0.15) is 0 Å². The minimum Gasteiger partial charge on any atom is -0.392 e. The molecule has 0 aliphatic rings. The van der Waals surface area contributed by atoms with Gasteiger partial charge in [0.25, 0.3) is 0 Å². The number of nitrogens with two attached hydrogens (primary N) is 1. The van der Waals surface area contributed by atoms with E-state index in [9.17, 15) is 9.18 Å². The number of hydrogen-bond acceptors (Lipinski definition) is 2. The fourth-order valence-electron chi connectivity index (χ4n) is 1.41. The van der Waals surface area contributed by atoms with Crippen LogP contribution in [-0.2, 0) is 0 Å². The van der Waals surface area contributed by atoms with Crippen molar-refractivity contribution in [2.75, 3.05) is 11.9 Å². The van der Waals surface area contributed by atoms with Crippen LogP contribution in [0.2, 0.25) is 0 Å². The number of thiocarbonyl (C=S) groups is 1. The first kappa shape index (κ1) is 14.4. The predicted octanol–water partition coefficient (Wildman–Crippen LogP) is 2.35. The molecule has 4 nitrogen and oxygen atoms in total. The number of nitrogens with one attached hydrogen (secondary N) is 1. The number of hydrogen-bond donors (Lipinski definition) is 2. The molecule has 1 aromatic carbocycles. The van der Waals surface area contributed by atoms with Gasteiger partial charge in [0.2, 0.25) is 0 Å². The van der Waals surface area contributed by atoms with Crippen molar-refractivity contribution in [3.63, 3.8) is 0 Å². The van der Waals surface area contributed by atoms with Gasteiger partial charge in [-0.05, 0) is 26.0 Å². The van der Waals surface area contributed by atoms with E-state index in [4.69, 9.17) is 18.0 Å². The van der Waals surface area contributed by atoms with Gasteiger partial charge in [0.15, 0.2) is 0 Å². The van der Waals surface area contributed by atoms with Gasteiger partial charge >= 0.3 is 6.03 Å². The second-order valence-corrected chi connectivity index (χ2v) is 4.62. The van der Waals surface area contributed by atoms with Crippen molar-refractivity contribution in [1.29, 1.82) is 0 Å². The van der Waals surface area contributed by atoms with Gasteiger partial charge in [-0.15, -0.1) is 0 Å². The highest BCUT2D eigenvalue weighted by atomic mass is 32.1. The molecule has 2 amide bonds. The summed E-state index contributed by atoms with van der Waals surface area (Å²) < 4.78 is 13.4. The lowest BCUT2D eigenvalue weighted by molar-refractivity contribution is 0.206. The molecule has 0 unspecified atom stereocenters. The van der Waals surface area contributed by atoms with Crippen LogP contribution in [0.5, 0.6) is 0 Å². The molecule has 0 saturated heterocycles. The monoisotopic (exact) mass is 269 g/mol. The Kier molecular flexibility index (Phi) is 5.03. The Morgan fingerprint density at radius 2 is 2.11 bits per heavy atom. The van der Waals surface area contributed by atoms with Crippen molar-refractivity contribution in [2.24, 2.45) is 5.73 Å². The van der Waals surface area contributed by atoms with E-state index in [1.54, 1.807) is 12.1 Å². The normalized spacial score (nSPS) is 10.2. The number of benzene rings is 1. The van der Waals surface area contributed by atoms with Gasteiger partial charge in [-0.3, -0.25) is 0 Å². The van der Waals surface area contributed by atoms with Crippen LogP contribution in [0.4, 0.5) is 14.9 Å². The van der Waals surface area contributed by atoms with E-state index < -0.39 is 11.8 Å². The summed E-state index contributed by atoms with van der Waals surface area (Å²) >= 11 is 4.78. The van der Waals surface area contributed by atoms with E-state index in [1.807, 2.05) is 13.8 Å². The van der Waals surface area contributed by atoms with E-state index in [1.165, 1.54) is 17.0 Å². The van der Waals surface area contributed by atoms with E-state index in [-0.39, 0.29) is 23.3 Å². The molecule has 0 aliphatic heterocycles. The first-order valence-electron chi connectivity index (χ1n) is 5.52. The molecule has 0 fully saturated rings. The second kappa shape index (κ2) is 6.30. The summed E-state index contributed by atoms with van der Waals surface area (Å²) in [5, 5.41) is 2.49. The first-order chi connectivity index (χ1) is 8.41. The molecule has 1 rings (SSSR count). The van der Waals surface area contributed by atoms with Gasteiger partial charge in [-0.1, -0.05) is 24.4 Å². The van der Waals surface area contributed by atoms with Crippen molar-refractivity contribution in [3.05, 3.63) is 30.1 Å². The molecule has 0 atom stereocenters. The third-order valence-electron chi connectivity index (χ3n) is 2.33. The van der Waals surface area contributed by atoms with Crippen molar-refractivity contribution in [1.82, 2.24) is 4.90 Å². The van der Waals surface area contributed by atoms with Gasteiger partial charge in [-0.25, -0.2) is 9.18 Å². The molecule has 0 bridgehead atoms. The highest BCUT2D eigenvalue weighted by Gasteiger charge is 2.18. The summed E-state index contributed by atoms with van der Waals surface area (Å²) in [6.07, 6.45) is 0. The fourth-order valence-corrected chi connectivity index (χ4v) is 1.55. The molecule has 0 radical (unpaired) electrons. The number of amides is 2. The van der Waals surface area contributed by atoms with E-state index in [2.05, 4.69) is 5.32 Å². The zero-order chi connectivity index (χ0) is 13.7. The zero-order valence-electron chi connectivity index (χ0n) is 10.3. The van der Waals surface area contributed by atoms with Crippen LogP contribution in [0.15, 0.2) is 24.3 Å². The fraction of sp³-hybridized carbons (Fsp3) is 0.333. The van der Waals surface area contributed by atoms with Crippen LogP contribution in [0, 0.1) is 5.82 Å². The van der Waals surface area contributed by atoms with Crippen LogP contribution in [-0.4, -0.2) is 28.5 Å². The van der Waals surface area contributed by atoms with Gasteiger partial charge in [0.05, 0.1) is 17.2 Å². The maximum atomic E-state index is 13.4. The number of urea groups is 1. The minimum atomic E-state index is -0.482. The lowest BCUT2D eigenvalue weighted by Gasteiger charge is -2.26. The van der Waals surface area contributed by atoms with Crippen LogP contribution >= 0.6 is 12.2 Å². The summed E-state index contributed by atoms with van der Waals surface area (Å²) in [4.78, 5) is 13.6. The zero-order valence-corrected chi connectivity index (χ0v) is 11.1. The number of para-hydroxylation sites is 1. The maximum absolute atomic E-state index is 13.4. The van der Waals surface area contributed by atoms with Crippen molar-refractivity contribution in [2.45, 2.75) is 19.9 Å². The summed E-state index contributed by atoms with van der Waals surface area (Å²) in [5.41, 5.74) is 5.56. The Hall–Kier alpha value is -1.69. The Morgan fingerprint density at radius 3 is 2.61 bits per heavy atom. The number of anilines is 1. The average molecular weight is 269 g/mol. The van der Waals surface area contributed by atoms with Crippen LogP contribution < -0.4 is 11.1 Å². The average Bonchev–Trinajstić information content (AvgIpc) is 2.28. The Labute approximate surface area is 111 Å². The molecule has 0 aromatic heterocycles. The third-order valence-corrected chi connectivity index (χ3v) is 2.45. The summed E-state index contributed by atoms with van der Waals surface area (Å²) in [6, 6.07) is 5.46. The Balaban J connectivity index is 2.79. The van der Waals surface area contributed by atoms with Crippen molar-refractivity contribution in [3.8, 4) is 0 Å².